The van der Waals surface area contributed by atoms with E-state index in [0.29, 0.717) is 26.9 Å². The number of hydrogen-bond acceptors (Lipinski definition) is 5. The first-order valence-electron chi connectivity index (χ1n) is 7.74. The van der Waals surface area contributed by atoms with Gasteiger partial charge in [-0.1, -0.05) is 18.2 Å². The predicted octanol–water partition coefficient (Wildman–Crippen LogP) is 2.95. The SMILES string of the molecule is CN(C)S(=O)(=O)c1ccc2c3c(cccc13)C(=O)N2C(=O)c1cccs1. The Morgan fingerprint density at radius 2 is 1.85 bits per heavy atom. The normalized spacial score (nSPS) is 13.8. The molecule has 0 aliphatic carbocycles. The zero-order valence-corrected chi connectivity index (χ0v) is 15.6. The van der Waals surface area contributed by atoms with Crippen molar-refractivity contribution >= 4 is 49.6 Å². The molecule has 2 heterocycles. The van der Waals surface area contributed by atoms with Crippen molar-refractivity contribution in [3.05, 3.63) is 58.3 Å². The van der Waals surface area contributed by atoms with E-state index in [2.05, 4.69) is 0 Å². The summed E-state index contributed by atoms with van der Waals surface area (Å²) in [6, 6.07) is 11.3. The Labute approximate surface area is 154 Å². The standard InChI is InChI=1S/C18H14N2O4S2/c1-19(2)26(23,24)15-9-8-13-16-11(15)5-3-6-12(16)17(21)20(13)18(22)14-7-4-10-25-14/h3-10H,1-2H3. The molecular formula is C18H14N2O4S2. The minimum absolute atomic E-state index is 0.112. The van der Waals surface area contributed by atoms with Crippen molar-refractivity contribution in [1.82, 2.24) is 4.31 Å². The third-order valence-electron chi connectivity index (χ3n) is 4.35. The third kappa shape index (κ3) is 2.23. The third-order valence-corrected chi connectivity index (χ3v) is 7.08. The van der Waals surface area contributed by atoms with E-state index in [1.54, 1.807) is 35.7 Å². The highest BCUT2D eigenvalue weighted by molar-refractivity contribution is 7.89. The molecule has 0 saturated carbocycles. The van der Waals surface area contributed by atoms with Gasteiger partial charge < -0.3 is 0 Å². The molecule has 0 atom stereocenters. The molecule has 1 aliphatic heterocycles. The van der Waals surface area contributed by atoms with Gasteiger partial charge in [0, 0.05) is 24.9 Å². The van der Waals surface area contributed by atoms with E-state index in [9.17, 15) is 18.0 Å². The maximum atomic E-state index is 12.9. The van der Waals surface area contributed by atoms with Crippen molar-refractivity contribution in [3.8, 4) is 0 Å². The second-order valence-electron chi connectivity index (χ2n) is 6.02. The number of amides is 2. The van der Waals surface area contributed by atoms with E-state index in [4.69, 9.17) is 0 Å². The zero-order chi connectivity index (χ0) is 18.6. The first-order chi connectivity index (χ1) is 12.3. The Morgan fingerprint density at radius 3 is 2.50 bits per heavy atom. The number of sulfonamides is 1. The molecule has 26 heavy (non-hydrogen) atoms. The largest absolute Gasteiger partial charge is 0.275 e. The number of hydrogen-bond donors (Lipinski definition) is 0. The van der Waals surface area contributed by atoms with Crippen molar-refractivity contribution in [1.29, 1.82) is 0 Å². The minimum atomic E-state index is -3.69. The summed E-state index contributed by atoms with van der Waals surface area (Å²) < 4.78 is 26.4. The number of imide groups is 1. The predicted molar refractivity (Wildman–Crippen MR) is 100 cm³/mol. The Kier molecular flexibility index (Phi) is 3.72. The first-order valence-corrected chi connectivity index (χ1v) is 10.1. The van der Waals surface area contributed by atoms with Crippen molar-refractivity contribution in [2.45, 2.75) is 4.90 Å². The van der Waals surface area contributed by atoms with Crippen LogP contribution in [0, 0.1) is 0 Å². The van der Waals surface area contributed by atoms with Gasteiger partial charge in [-0.25, -0.2) is 17.6 Å². The monoisotopic (exact) mass is 386 g/mol. The van der Waals surface area contributed by atoms with E-state index >= 15 is 0 Å². The fourth-order valence-corrected chi connectivity index (χ4v) is 4.82. The fourth-order valence-electron chi connectivity index (χ4n) is 3.09. The molecule has 3 aromatic rings. The highest BCUT2D eigenvalue weighted by Crippen LogP contribution is 2.41. The maximum Gasteiger partial charge on any atom is 0.275 e. The number of carbonyl (C=O) groups is 2. The summed E-state index contributed by atoms with van der Waals surface area (Å²) >= 11 is 1.25. The van der Waals surface area contributed by atoms with Gasteiger partial charge in [0.1, 0.15) is 0 Å². The lowest BCUT2D eigenvalue weighted by Gasteiger charge is -2.16. The summed E-state index contributed by atoms with van der Waals surface area (Å²) in [5.74, 6) is -0.853. The molecule has 0 bridgehead atoms. The smallest absolute Gasteiger partial charge is 0.268 e. The van der Waals surface area contributed by atoms with Gasteiger partial charge in [0.25, 0.3) is 11.8 Å². The second kappa shape index (κ2) is 5.73. The lowest BCUT2D eigenvalue weighted by Crippen LogP contribution is -2.33. The van der Waals surface area contributed by atoms with Gasteiger partial charge in [-0.2, -0.15) is 0 Å². The first kappa shape index (κ1) is 16.9. The van der Waals surface area contributed by atoms with Crippen LogP contribution < -0.4 is 4.90 Å². The van der Waals surface area contributed by atoms with Gasteiger partial charge in [0.05, 0.1) is 21.0 Å². The molecule has 1 aromatic heterocycles. The molecule has 0 spiro atoms. The van der Waals surface area contributed by atoms with Crippen LogP contribution in [0.1, 0.15) is 20.0 Å². The maximum absolute atomic E-state index is 12.9. The molecule has 0 saturated heterocycles. The van der Waals surface area contributed by atoms with Crippen LogP contribution in [0.3, 0.4) is 0 Å². The molecule has 0 fully saturated rings. The van der Waals surface area contributed by atoms with Gasteiger partial charge >= 0.3 is 0 Å². The summed E-state index contributed by atoms with van der Waals surface area (Å²) in [7, 11) is -0.778. The lowest BCUT2D eigenvalue weighted by molar-refractivity contribution is 0.0905. The van der Waals surface area contributed by atoms with Crippen LogP contribution in [-0.4, -0.2) is 38.6 Å². The summed E-state index contributed by atoms with van der Waals surface area (Å²) in [5.41, 5.74) is 0.745. The molecule has 1 aliphatic rings. The molecular weight excluding hydrogens is 372 g/mol. The molecule has 2 amide bonds. The van der Waals surface area contributed by atoms with E-state index in [-0.39, 0.29) is 4.90 Å². The number of nitrogens with zero attached hydrogens (tertiary/aromatic N) is 2. The lowest BCUT2D eigenvalue weighted by atomic mass is 10.1. The zero-order valence-electron chi connectivity index (χ0n) is 14.0. The number of benzene rings is 2. The Hall–Kier alpha value is -2.55. The molecule has 132 valence electrons. The molecule has 6 nitrogen and oxygen atoms in total. The van der Waals surface area contributed by atoms with E-state index in [1.807, 2.05) is 0 Å². The van der Waals surface area contributed by atoms with Crippen molar-refractivity contribution < 1.29 is 18.0 Å². The van der Waals surface area contributed by atoms with Gasteiger partial charge in [-0.05, 0) is 29.6 Å². The number of rotatable bonds is 3. The highest BCUT2D eigenvalue weighted by Gasteiger charge is 2.37. The Bertz CT molecular complexity index is 1170. The minimum Gasteiger partial charge on any atom is -0.268 e. The van der Waals surface area contributed by atoms with Gasteiger partial charge in [0.15, 0.2) is 0 Å². The average molecular weight is 386 g/mol. The van der Waals surface area contributed by atoms with E-state index in [1.165, 1.54) is 37.6 Å². The second-order valence-corrected chi connectivity index (χ2v) is 9.09. The van der Waals surface area contributed by atoms with Crippen LogP contribution in [0.15, 0.2) is 52.7 Å². The Morgan fingerprint density at radius 1 is 1.08 bits per heavy atom. The summed E-state index contributed by atoms with van der Waals surface area (Å²) in [5, 5.41) is 2.69. The van der Waals surface area contributed by atoms with E-state index in [0.717, 1.165) is 9.21 Å². The van der Waals surface area contributed by atoms with Gasteiger partial charge in [-0.15, -0.1) is 11.3 Å². The quantitative estimate of drug-likeness (QED) is 0.649. The van der Waals surface area contributed by atoms with Crippen molar-refractivity contribution in [2.75, 3.05) is 19.0 Å². The molecule has 0 unspecified atom stereocenters. The molecule has 8 heteroatoms. The number of anilines is 1. The van der Waals surface area contributed by atoms with Crippen LogP contribution in [0.25, 0.3) is 10.8 Å². The summed E-state index contributed by atoms with van der Waals surface area (Å²) in [4.78, 5) is 27.3. The summed E-state index contributed by atoms with van der Waals surface area (Å²) in [6.45, 7) is 0. The number of carbonyl (C=O) groups excluding carboxylic acids is 2. The summed E-state index contributed by atoms with van der Waals surface area (Å²) in [6.07, 6.45) is 0. The molecule has 0 N–H and O–H groups in total. The highest BCUT2D eigenvalue weighted by atomic mass is 32.2. The van der Waals surface area contributed by atoms with Crippen LogP contribution in [0.5, 0.6) is 0 Å². The van der Waals surface area contributed by atoms with Gasteiger partial charge in [0.2, 0.25) is 10.0 Å². The Balaban J connectivity index is 1.98. The van der Waals surface area contributed by atoms with E-state index < -0.39 is 21.8 Å². The van der Waals surface area contributed by atoms with Gasteiger partial charge in [-0.3, -0.25) is 9.59 Å². The van der Waals surface area contributed by atoms with Crippen LogP contribution in [0.4, 0.5) is 5.69 Å². The van der Waals surface area contributed by atoms with Crippen molar-refractivity contribution in [3.63, 3.8) is 0 Å². The number of thiophene rings is 1. The molecule has 0 radical (unpaired) electrons. The fraction of sp³-hybridized carbons (Fsp3) is 0.111. The topological polar surface area (TPSA) is 74.8 Å². The molecule has 2 aromatic carbocycles. The van der Waals surface area contributed by atoms with Crippen LogP contribution in [-0.2, 0) is 10.0 Å². The van der Waals surface area contributed by atoms with Crippen LogP contribution in [0.2, 0.25) is 0 Å². The average Bonchev–Trinajstić information content (AvgIpc) is 3.23. The van der Waals surface area contributed by atoms with Crippen LogP contribution >= 0.6 is 11.3 Å². The van der Waals surface area contributed by atoms with Crippen molar-refractivity contribution in [2.24, 2.45) is 0 Å². The molecule has 4 rings (SSSR count).